The lowest BCUT2D eigenvalue weighted by atomic mass is 9.96. The summed E-state index contributed by atoms with van der Waals surface area (Å²) >= 11 is 0. The number of methoxy groups -OCH3 is 1. The Balaban J connectivity index is 1.22. The third-order valence-electron chi connectivity index (χ3n) is 6.59. The normalized spacial score (nSPS) is 18.5. The van der Waals surface area contributed by atoms with E-state index in [9.17, 15) is 4.79 Å². The van der Waals surface area contributed by atoms with Crippen molar-refractivity contribution in [1.29, 1.82) is 0 Å². The van der Waals surface area contributed by atoms with E-state index < -0.39 is 6.10 Å². The molecule has 0 bridgehead atoms. The van der Waals surface area contributed by atoms with Gasteiger partial charge in [-0.2, -0.15) is 0 Å². The zero-order chi connectivity index (χ0) is 23.3. The average Bonchev–Trinajstić information content (AvgIpc) is 3.41. The third kappa shape index (κ3) is 4.68. The van der Waals surface area contributed by atoms with Crippen molar-refractivity contribution in [1.82, 2.24) is 9.80 Å². The summed E-state index contributed by atoms with van der Waals surface area (Å²) in [4.78, 5) is 23.1. The van der Waals surface area contributed by atoms with Crippen LogP contribution in [0.1, 0.15) is 29.2 Å². The highest BCUT2D eigenvalue weighted by molar-refractivity contribution is 6.04. The molecule has 0 aromatic heterocycles. The Hall–Kier alpha value is -3.64. The van der Waals surface area contributed by atoms with Crippen LogP contribution in [-0.2, 0) is 9.63 Å². The summed E-state index contributed by atoms with van der Waals surface area (Å²) in [7, 11) is 1.64. The highest BCUT2D eigenvalue weighted by atomic mass is 16.6. The predicted molar refractivity (Wildman–Crippen MR) is 132 cm³/mol. The summed E-state index contributed by atoms with van der Waals surface area (Å²) in [6.07, 6.45) is -0.0649. The molecule has 0 saturated carbocycles. The number of oxime groups is 1. The number of piperazine rings is 1. The van der Waals surface area contributed by atoms with Crippen LogP contribution in [0.2, 0.25) is 0 Å². The smallest absolute Gasteiger partial charge is 0.266 e. The van der Waals surface area contributed by atoms with Crippen molar-refractivity contribution in [2.75, 3.05) is 33.3 Å². The lowest BCUT2D eigenvalue weighted by Gasteiger charge is -2.40. The van der Waals surface area contributed by atoms with Crippen molar-refractivity contribution in [2.24, 2.45) is 5.16 Å². The highest BCUT2D eigenvalue weighted by Crippen LogP contribution is 2.30. The fourth-order valence-corrected chi connectivity index (χ4v) is 4.75. The molecule has 0 unspecified atom stereocenters. The molecule has 0 radical (unpaired) electrons. The molecular formula is C28H29N3O3. The average molecular weight is 456 g/mol. The largest absolute Gasteiger partial charge is 0.497 e. The first-order valence-electron chi connectivity index (χ1n) is 11.7. The maximum atomic E-state index is 13.2. The van der Waals surface area contributed by atoms with Gasteiger partial charge in [0.1, 0.15) is 5.75 Å². The molecule has 6 nitrogen and oxygen atoms in total. The van der Waals surface area contributed by atoms with E-state index in [2.05, 4.69) is 58.6 Å². The topological polar surface area (TPSA) is 54.4 Å². The molecule has 1 saturated heterocycles. The number of carbonyl (C=O) groups excluding carboxylic acids is 1. The van der Waals surface area contributed by atoms with E-state index in [1.807, 2.05) is 41.3 Å². The van der Waals surface area contributed by atoms with Gasteiger partial charge in [0.05, 0.1) is 18.9 Å². The van der Waals surface area contributed by atoms with Crippen LogP contribution < -0.4 is 4.74 Å². The van der Waals surface area contributed by atoms with E-state index in [0.29, 0.717) is 19.5 Å². The van der Waals surface area contributed by atoms with Crippen LogP contribution in [0.5, 0.6) is 5.75 Å². The number of hydrogen-bond donors (Lipinski definition) is 0. The van der Waals surface area contributed by atoms with Crippen LogP contribution in [0.15, 0.2) is 90.1 Å². The van der Waals surface area contributed by atoms with Gasteiger partial charge in [0.15, 0.2) is 0 Å². The Morgan fingerprint density at radius 3 is 2.03 bits per heavy atom. The second-order valence-electron chi connectivity index (χ2n) is 8.65. The van der Waals surface area contributed by atoms with Crippen LogP contribution in [0.3, 0.4) is 0 Å². The van der Waals surface area contributed by atoms with Crippen LogP contribution >= 0.6 is 0 Å². The molecule has 2 aliphatic rings. The first-order valence-corrected chi connectivity index (χ1v) is 11.7. The Labute approximate surface area is 200 Å². The number of nitrogens with zero attached hydrogens (tertiary/aromatic N) is 3. The minimum Gasteiger partial charge on any atom is -0.497 e. The zero-order valence-electron chi connectivity index (χ0n) is 19.3. The van der Waals surface area contributed by atoms with Crippen LogP contribution in [0.4, 0.5) is 0 Å². The molecule has 0 aliphatic carbocycles. The van der Waals surface area contributed by atoms with E-state index in [-0.39, 0.29) is 11.9 Å². The first-order chi connectivity index (χ1) is 16.7. The Kier molecular flexibility index (Phi) is 6.58. The molecular weight excluding hydrogens is 426 g/mol. The molecule has 34 heavy (non-hydrogen) atoms. The van der Waals surface area contributed by atoms with Crippen molar-refractivity contribution in [3.63, 3.8) is 0 Å². The van der Waals surface area contributed by atoms with Crippen LogP contribution in [0, 0.1) is 0 Å². The molecule has 3 aromatic rings. The summed E-state index contributed by atoms with van der Waals surface area (Å²) in [5, 5.41) is 4.20. The van der Waals surface area contributed by atoms with E-state index in [4.69, 9.17) is 9.57 Å². The summed E-state index contributed by atoms with van der Waals surface area (Å²) in [6.45, 7) is 2.96. The van der Waals surface area contributed by atoms with Gasteiger partial charge in [-0.3, -0.25) is 9.69 Å². The standard InChI is InChI=1S/C28H29N3O3/c1-33-24-14-12-21(13-15-24)25-20-26(34-29-25)28(32)31-18-16-30(17-19-31)27(22-8-4-2-5-9-22)23-10-6-3-7-11-23/h2-15,26-27H,16-20H2,1H3/t26-/m1/s1. The van der Waals surface area contributed by atoms with Gasteiger partial charge >= 0.3 is 0 Å². The van der Waals surface area contributed by atoms with Crippen molar-refractivity contribution in [2.45, 2.75) is 18.6 Å². The minimum atomic E-state index is -0.553. The maximum absolute atomic E-state index is 13.2. The molecule has 1 fully saturated rings. The fourth-order valence-electron chi connectivity index (χ4n) is 4.75. The SMILES string of the molecule is COc1ccc(C2=NO[C@@H](C(=O)N3CCN(C(c4ccccc4)c4ccccc4)CC3)C2)cc1. The van der Waals surface area contributed by atoms with Gasteiger partial charge in [0.25, 0.3) is 5.91 Å². The quantitative estimate of drug-likeness (QED) is 0.561. The Bertz CT molecular complexity index is 1090. The number of carbonyl (C=O) groups is 1. The van der Waals surface area contributed by atoms with Gasteiger partial charge < -0.3 is 14.5 Å². The van der Waals surface area contributed by atoms with Crippen LogP contribution in [0.25, 0.3) is 0 Å². The van der Waals surface area contributed by atoms with Crippen molar-refractivity contribution >= 4 is 11.6 Å². The van der Waals surface area contributed by atoms with Gasteiger partial charge in [-0.1, -0.05) is 65.8 Å². The van der Waals surface area contributed by atoms with Crippen molar-refractivity contribution in [3.8, 4) is 5.75 Å². The molecule has 1 amide bonds. The zero-order valence-corrected chi connectivity index (χ0v) is 19.3. The maximum Gasteiger partial charge on any atom is 0.266 e. The molecule has 3 aromatic carbocycles. The van der Waals surface area contributed by atoms with Crippen molar-refractivity contribution < 1.29 is 14.4 Å². The first kappa shape index (κ1) is 22.2. The summed E-state index contributed by atoms with van der Waals surface area (Å²) in [5.41, 5.74) is 4.29. The molecule has 2 aliphatic heterocycles. The van der Waals surface area contributed by atoms with Gasteiger partial charge in [-0.15, -0.1) is 0 Å². The van der Waals surface area contributed by atoms with Gasteiger partial charge in [-0.25, -0.2) is 0 Å². The van der Waals surface area contributed by atoms with E-state index in [1.165, 1.54) is 11.1 Å². The second kappa shape index (κ2) is 10.1. The molecule has 5 rings (SSSR count). The molecule has 6 heteroatoms. The van der Waals surface area contributed by atoms with Crippen molar-refractivity contribution in [3.05, 3.63) is 102 Å². The number of hydrogen-bond acceptors (Lipinski definition) is 5. The highest BCUT2D eigenvalue weighted by Gasteiger charge is 2.35. The number of amides is 1. The Morgan fingerprint density at radius 1 is 0.882 bits per heavy atom. The van der Waals surface area contributed by atoms with Crippen LogP contribution in [-0.4, -0.2) is 60.8 Å². The molecule has 0 N–H and O–H groups in total. The predicted octanol–water partition coefficient (Wildman–Crippen LogP) is 4.12. The summed E-state index contributed by atoms with van der Waals surface area (Å²) < 4.78 is 5.22. The number of rotatable bonds is 6. The molecule has 2 heterocycles. The van der Waals surface area contributed by atoms with E-state index in [0.717, 1.165) is 30.1 Å². The monoisotopic (exact) mass is 455 g/mol. The third-order valence-corrected chi connectivity index (χ3v) is 6.59. The second-order valence-corrected chi connectivity index (χ2v) is 8.65. The molecule has 0 spiro atoms. The van der Waals surface area contributed by atoms with Gasteiger partial charge in [0.2, 0.25) is 6.10 Å². The fraction of sp³-hybridized carbons (Fsp3) is 0.286. The molecule has 1 atom stereocenters. The summed E-state index contributed by atoms with van der Waals surface area (Å²) in [6, 6.07) is 29.0. The lowest BCUT2D eigenvalue weighted by Crippen LogP contribution is -2.52. The van der Waals surface area contributed by atoms with E-state index in [1.54, 1.807) is 7.11 Å². The van der Waals surface area contributed by atoms with Gasteiger partial charge in [-0.05, 0) is 41.0 Å². The lowest BCUT2D eigenvalue weighted by molar-refractivity contribution is -0.144. The number of benzene rings is 3. The molecule has 174 valence electrons. The minimum absolute atomic E-state index is 0.0166. The Morgan fingerprint density at radius 2 is 1.47 bits per heavy atom. The number of ether oxygens (including phenoxy) is 1. The van der Waals surface area contributed by atoms with Gasteiger partial charge in [0, 0.05) is 32.6 Å². The summed E-state index contributed by atoms with van der Waals surface area (Å²) in [5.74, 6) is 0.806. The van der Waals surface area contributed by atoms with E-state index >= 15 is 0 Å².